The molecule has 3 heterocycles. The Hall–Kier alpha value is -2.26. The van der Waals surface area contributed by atoms with Gasteiger partial charge in [0.2, 0.25) is 0 Å². The van der Waals surface area contributed by atoms with E-state index in [4.69, 9.17) is 0 Å². The molecule has 3 N–H and O–H groups in total. The molecule has 1 aromatic carbocycles. The van der Waals surface area contributed by atoms with Gasteiger partial charge in [-0.25, -0.2) is 4.39 Å². The molecule has 2 aromatic heterocycles. The molecule has 124 valence electrons. The minimum absolute atomic E-state index is 0.0804. The minimum atomic E-state index is -0.559. The van der Waals surface area contributed by atoms with Crippen LogP contribution in [-0.2, 0) is 19.6 Å². The summed E-state index contributed by atoms with van der Waals surface area (Å²) in [6, 6.07) is 5.15. The number of carbonyl (C=O) groups is 1. The van der Waals surface area contributed by atoms with E-state index in [1.165, 1.54) is 0 Å². The van der Waals surface area contributed by atoms with Gasteiger partial charge >= 0.3 is 0 Å². The first kappa shape index (κ1) is 15.3. The van der Waals surface area contributed by atoms with Gasteiger partial charge in [-0.2, -0.15) is 0 Å². The van der Waals surface area contributed by atoms with Crippen LogP contribution in [0.4, 0.5) is 4.39 Å². The molecule has 3 aromatic rings. The maximum Gasteiger partial charge on any atom is 0.271 e. The number of amides is 1. The lowest BCUT2D eigenvalue weighted by Crippen LogP contribution is -2.31. The summed E-state index contributed by atoms with van der Waals surface area (Å²) >= 11 is 3.30. The van der Waals surface area contributed by atoms with E-state index in [1.807, 2.05) is 4.57 Å². The highest BCUT2D eigenvalue weighted by Gasteiger charge is 2.20. The van der Waals surface area contributed by atoms with Gasteiger partial charge in [0.25, 0.3) is 5.91 Å². The lowest BCUT2D eigenvalue weighted by atomic mass is 10.2. The smallest absolute Gasteiger partial charge is 0.271 e. The number of nitrogens with zero attached hydrogens (tertiary/aromatic N) is 3. The molecule has 0 saturated carbocycles. The average Bonchev–Trinajstić information content (AvgIpc) is 3.14. The van der Waals surface area contributed by atoms with Crippen molar-refractivity contribution in [3.8, 4) is 0 Å². The summed E-state index contributed by atoms with van der Waals surface area (Å²) in [5.41, 5.74) is 0.495. The maximum absolute atomic E-state index is 14.4. The molecule has 0 bridgehead atoms. The SMILES string of the molecule is O=C(NCc1nnc2n1CCNC2)c1[nH]c2ccc(Br)cc2c1F. The molecule has 0 spiro atoms. The molecule has 7 nitrogen and oxygen atoms in total. The van der Waals surface area contributed by atoms with Crippen molar-refractivity contribution in [2.45, 2.75) is 19.6 Å². The summed E-state index contributed by atoms with van der Waals surface area (Å²) in [5, 5.41) is 14.5. The number of halogens is 2. The fourth-order valence-corrected chi connectivity index (χ4v) is 3.18. The zero-order valence-electron chi connectivity index (χ0n) is 12.6. The molecule has 1 amide bonds. The number of rotatable bonds is 3. The topological polar surface area (TPSA) is 87.6 Å². The van der Waals surface area contributed by atoms with Gasteiger partial charge in [0.15, 0.2) is 11.6 Å². The van der Waals surface area contributed by atoms with Crippen LogP contribution in [-0.4, -0.2) is 32.2 Å². The number of hydrogen-bond acceptors (Lipinski definition) is 4. The first-order chi connectivity index (χ1) is 11.6. The van der Waals surface area contributed by atoms with Crippen molar-refractivity contribution in [1.82, 2.24) is 30.4 Å². The zero-order valence-corrected chi connectivity index (χ0v) is 14.2. The van der Waals surface area contributed by atoms with Crippen LogP contribution in [0.2, 0.25) is 0 Å². The number of hydrogen-bond donors (Lipinski definition) is 3. The molecule has 4 rings (SSSR count). The summed E-state index contributed by atoms with van der Waals surface area (Å²) in [6.07, 6.45) is 0. The summed E-state index contributed by atoms with van der Waals surface area (Å²) in [5.74, 6) is 0.439. The minimum Gasteiger partial charge on any atom is -0.348 e. The number of aromatic nitrogens is 4. The van der Waals surface area contributed by atoms with E-state index in [1.54, 1.807) is 18.2 Å². The zero-order chi connectivity index (χ0) is 16.7. The lowest BCUT2D eigenvalue weighted by Gasteiger charge is -2.16. The van der Waals surface area contributed by atoms with Crippen molar-refractivity contribution in [3.63, 3.8) is 0 Å². The highest BCUT2D eigenvalue weighted by Crippen LogP contribution is 2.24. The van der Waals surface area contributed by atoms with E-state index in [0.29, 0.717) is 23.3 Å². The van der Waals surface area contributed by atoms with Gasteiger partial charge in [-0.05, 0) is 18.2 Å². The predicted octanol–water partition coefficient (Wildman–Crippen LogP) is 1.69. The van der Waals surface area contributed by atoms with Crippen LogP contribution in [0.25, 0.3) is 10.9 Å². The molecular weight excluding hydrogens is 379 g/mol. The summed E-state index contributed by atoms with van der Waals surface area (Å²) in [4.78, 5) is 15.1. The third-order valence-electron chi connectivity index (χ3n) is 4.03. The third kappa shape index (κ3) is 2.59. The van der Waals surface area contributed by atoms with E-state index < -0.39 is 11.7 Å². The highest BCUT2D eigenvalue weighted by atomic mass is 79.9. The van der Waals surface area contributed by atoms with Crippen molar-refractivity contribution in [3.05, 3.63) is 45.8 Å². The lowest BCUT2D eigenvalue weighted by molar-refractivity contribution is 0.0941. The molecule has 1 aliphatic rings. The molecule has 0 radical (unpaired) electrons. The van der Waals surface area contributed by atoms with Crippen molar-refractivity contribution in [2.75, 3.05) is 6.54 Å². The largest absolute Gasteiger partial charge is 0.348 e. The Morgan fingerprint density at radius 3 is 3.17 bits per heavy atom. The van der Waals surface area contributed by atoms with Crippen LogP contribution in [0, 0.1) is 5.82 Å². The van der Waals surface area contributed by atoms with Crippen molar-refractivity contribution in [1.29, 1.82) is 0 Å². The van der Waals surface area contributed by atoms with Crippen LogP contribution >= 0.6 is 15.9 Å². The number of fused-ring (bicyclic) bond motifs is 2. The molecular formula is C15H14BrFN6O. The van der Waals surface area contributed by atoms with E-state index in [0.717, 1.165) is 23.4 Å². The normalized spacial score (nSPS) is 13.9. The fourth-order valence-electron chi connectivity index (χ4n) is 2.82. The third-order valence-corrected chi connectivity index (χ3v) is 4.52. The van der Waals surface area contributed by atoms with Gasteiger partial charge in [0.1, 0.15) is 11.5 Å². The van der Waals surface area contributed by atoms with E-state index in [-0.39, 0.29) is 12.2 Å². The maximum atomic E-state index is 14.4. The Labute approximate surface area is 144 Å². The van der Waals surface area contributed by atoms with Gasteiger partial charge in [-0.3, -0.25) is 4.79 Å². The number of carbonyl (C=O) groups excluding carboxylic acids is 1. The standard InChI is InChI=1S/C15H14BrFN6O/c16-8-1-2-10-9(5-8)13(17)14(20-10)15(24)19-7-12-22-21-11-6-18-3-4-23(11)12/h1-2,5,18,20H,3-4,6-7H2,(H,19,24). The number of H-pyrrole nitrogens is 1. The molecule has 0 unspecified atom stereocenters. The van der Waals surface area contributed by atoms with E-state index in [9.17, 15) is 9.18 Å². The average molecular weight is 393 g/mol. The van der Waals surface area contributed by atoms with Crippen LogP contribution in [0.5, 0.6) is 0 Å². The summed E-state index contributed by atoms with van der Waals surface area (Å²) < 4.78 is 17.2. The Morgan fingerprint density at radius 1 is 1.42 bits per heavy atom. The first-order valence-electron chi connectivity index (χ1n) is 7.50. The number of nitrogens with one attached hydrogen (secondary N) is 3. The fraction of sp³-hybridized carbons (Fsp3) is 0.267. The van der Waals surface area contributed by atoms with Crippen molar-refractivity contribution in [2.24, 2.45) is 0 Å². The number of benzene rings is 1. The van der Waals surface area contributed by atoms with Crippen LogP contribution < -0.4 is 10.6 Å². The molecule has 0 atom stereocenters. The quantitative estimate of drug-likeness (QED) is 0.632. The van der Waals surface area contributed by atoms with Crippen LogP contribution in [0.3, 0.4) is 0 Å². The van der Waals surface area contributed by atoms with Crippen molar-refractivity contribution < 1.29 is 9.18 Å². The van der Waals surface area contributed by atoms with E-state index in [2.05, 4.69) is 41.7 Å². The van der Waals surface area contributed by atoms with Gasteiger partial charge in [0, 0.05) is 28.5 Å². The molecule has 0 fully saturated rings. The first-order valence-corrected chi connectivity index (χ1v) is 8.29. The second-order valence-corrected chi connectivity index (χ2v) is 6.46. The van der Waals surface area contributed by atoms with Crippen molar-refractivity contribution >= 4 is 32.7 Å². The Morgan fingerprint density at radius 2 is 2.29 bits per heavy atom. The second-order valence-electron chi connectivity index (χ2n) is 5.55. The Balaban J connectivity index is 1.54. The van der Waals surface area contributed by atoms with Crippen LogP contribution in [0.15, 0.2) is 22.7 Å². The summed E-state index contributed by atoms with van der Waals surface area (Å²) in [6.45, 7) is 2.44. The molecule has 0 aliphatic carbocycles. The number of aromatic amines is 1. The molecule has 0 saturated heterocycles. The highest BCUT2D eigenvalue weighted by molar-refractivity contribution is 9.10. The van der Waals surface area contributed by atoms with E-state index >= 15 is 0 Å². The summed E-state index contributed by atoms with van der Waals surface area (Å²) in [7, 11) is 0. The van der Waals surface area contributed by atoms with Gasteiger partial charge in [-0.15, -0.1) is 10.2 Å². The molecule has 9 heteroatoms. The Bertz CT molecular complexity index is 934. The predicted molar refractivity (Wildman–Crippen MR) is 88.9 cm³/mol. The van der Waals surface area contributed by atoms with Gasteiger partial charge < -0.3 is 20.2 Å². The molecule has 1 aliphatic heterocycles. The van der Waals surface area contributed by atoms with Gasteiger partial charge in [-0.1, -0.05) is 15.9 Å². The second kappa shape index (κ2) is 5.99. The molecule has 24 heavy (non-hydrogen) atoms. The Kier molecular flexibility index (Phi) is 3.81. The van der Waals surface area contributed by atoms with Crippen LogP contribution in [0.1, 0.15) is 22.1 Å². The van der Waals surface area contributed by atoms with Gasteiger partial charge in [0.05, 0.1) is 13.1 Å². The monoisotopic (exact) mass is 392 g/mol.